The summed E-state index contributed by atoms with van der Waals surface area (Å²) in [7, 11) is 1.82. The maximum atomic E-state index is 13.8. The van der Waals surface area contributed by atoms with Crippen LogP contribution in [0.4, 0.5) is 10.1 Å². The van der Waals surface area contributed by atoms with Gasteiger partial charge in [0.1, 0.15) is 5.82 Å². The highest BCUT2D eigenvalue weighted by Gasteiger charge is 2.14. The van der Waals surface area contributed by atoms with Crippen LogP contribution >= 0.6 is 11.8 Å². The number of carbonyl (C=O) groups is 1. The molecule has 2 N–H and O–H groups in total. The third-order valence-corrected chi connectivity index (χ3v) is 4.55. The minimum atomic E-state index is -0.379. The van der Waals surface area contributed by atoms with E-state index in [1.807, 2.05) is 20.9 Å². The Morgan fingerprint density at radius 1 is 1.36 bits per heavy atom. The first-order chi connectivity index (χ1) is 12.0. The molecule has 0 aliphatic rings. The van der Waals surface area contributed by atoms with Crippen molar-refractivity contribution in [1.29, 1.82) is 0 Å². The topological polar surface area (TPSA) is 88.5 Å². The Labute approximate surface area is 148 Å². The van der Waals surface area contributed by atoms with Gasteiger partial charge in [0.15, 0.2) is 5.82 Å². The number of nitrogens with one attached hydrogen (secondary N) is 2. The van der Waals surface area contributed by atoms with Crippen LogP contribution in [-0.2, 0) is 11.8 Å². The van der Waals surface area contributed by atoms with Gasteiger partial charge in [0, 0.05) is 7.05 Å². The van der Waals surface area contributed by atoms with Crippen molar-refractivity contribution in [3.8, 4) is 11.4 Å². The summed E-state index contributed by atoms with van der Waals surface area (Å²) in [6, 6.07) is 6.30. The van der Waals surface area contributed by atoms with Crippen LogP contribution in [0, 0.1) is 19.7 Å². The normalized spacial score (nSPS) is 10.9. The van der Waals surface area contributed by atoms with E-state index in [0.29, 0.717) is 16.5 Å². The molecule has 1 amide bonds. The van der Waals surface area contributed by atoms with Crippen LogP contribution in [0.15, 0.2) is 29.4 Å². The maximum Gasteiger partial charge on any atom is 0.234 e. The highest BCUT2D eigenvalue weighted by Crippen LogP contribution is 2.22. The lowest BCUT2D eigenvalue weighted by Crippen LogP contribution is -2.15. The lowest BCUT2D eigenvalue weighted by atomic mass is 10.2. The molecule has 0 saturated carbocycles. The van der Waals surface area contributed by atoms with Gasteiger partial charge in [-0.25, -0.2) is 9.37 Å². The first-order valence-corrected chi connectivity index (χ1v) is 8.54. The summed E-state index contributed by atoms with van der Waals surface area (Å²) < 4.78 is 15.5. The Morgan fingerprint density at radius 3 is 2.80 bits per heavy atom. The minimum absolute atomic E-state index is 0.141. The van der Waals surface area contributed by atoms with E-state index in [-0.39, 0.29) is 17.5 Å². The number of nitrogens with zero attached hydrogens (tertiary/aromatic N) is 4. The molecule has 3 rings (SSSR count). The second-order valence-electron chi connectivity index (χ2n) is 5.45. The second-order valence-corrected chi connectivity index (χ2v) is 6.40. The van der Waals surface area contributed by atoms with Gasteiger partial charge in [0.05, 0.1) is 28.4 Å². The first kappa shape index (κ1) is 17.2. The van der Waals surface area contributed by atoms with Gasteiger partial charge in [-0.15, -0.1) is 5.10 Å². The molecule has 0 atom stereocenters. The van der Waals surface area contributed by atoms with Crippen LogP contribution in [0.5, 0.6) is 0 Å². The molecule has 0 unspecified atom stereocenters. The SMILES string of the molecule is Cc1nn(C)c(C)c1NC(=O)CSc1n[nH]c(-c2ccccc2F)n1. The Hall–Kier alpha value is -2.68. The highest BCUT2D eigenvalue weighted by molar-refractivity contribution is 7.99. The van der Waals surface area contributed by atoms with Gasteiger partial charge in [-0.05, 0) is 26.0 Å². The van der Waals surface area contributed by atoms with Crippen LogP contribution in [-0.4, -0.2) is 36.6 Å². The Kier molecular flexibility index (Phi) is 4.84. The van der Waals surface area contributed by atoms with Crippen molar-refractivity contribution in [3.05, 3.63) is 41.5 Å². The fraction of sp³-hybridized carbons (Fsp3) is 0.250. The number of halogens is 1. The molecule has 0 saturated heterocycles. The molecule has 7 nitrogen and oxygen atoms in total. The summed E-state index contributed by atoms with van der Waals surface area (Å²) >= 11 is 1.17. The van der Waals surface area contributed by atoms with Gasteiger partial charge >= 0.3 is 0 Å². The van der Waals surface area contributed by atoms with Crippen molar-refractivity contribution in [3.63, 3.8) is 0 Å². The zero-order valence-electron chi connectivity index (χ0n) is 14.0. The number of hydrogen-bond acceptors (Lipinski definition) is 5. The summed E-state index contributed by atoms with van der Waals surface area (Å²) in [6.45, 7) is 3.73. The largest absolute Gasteiger partial charge is 0.322 e. The standard InChI is InChI=1S/C16H17FN6OS/c1-9-14(10(2)23(3)22-9)18-13(24)8-25-16-19-15(20-21-16)11-6-4-5-7-12(11)17/h4-7H,8H2,1-3H3,(H,18,24)(H,19,20,21). The Morgan fingerprint density at radius 2 is 2.12 bits per heavy atom. The molecular formula is C16H17FN6OS. The third kappa shape index (κ3) is 3.71. The van der Waals surface area contributed by atoms with Crippen LogP contribution < -0.4 is 5.32 Å². The number of rotatable bonds is 5. The number of aromatic nitrogens is 5. The molecule has 0 radical (unpaired) electrons. The molecule has 9 heteroatoms. The van der Waals surface area contributed by atoms with Crippen LogP contribution in [0.1, 0.15) is 11.4 Å². The maximum absolute atomic E-state index is 13.8. The van der Waals surface area contributed by atoms with Gasteiger partial charge in [-0.3, -0.25) is 14.6 Å². The predicted molar refractivity (Wildman–Crippen MR) is 93.8 cm³/mol. The molecule has 3 aromatic rings. The number of aromatic amines is 1. The van der Waals surface area contributed by atoms with Crippen LogP contribution in [0.2, 0.25) is 0 Å². The fourth-order valence-corrected chi connectivity index (χ4v) is 2.94. The van der Waals surface area contributed by atoms with Crippen molar-refractivity contribution >= 4 is 23.4 Å². The number of hydrogen-bond donors (Lipinski definition) is 2. The zero-order valence-corrected chi connectivity index (χ0v) is 14.8. The molecule has 2 aromatic heterocycles. The molecule has 0 aliphatic carbocycles. The predicted octanol–water partition coefficient (Wildman–Crippen LogP) is 2.69. The molecule has 0 fully saturated rings. The van der Waals surface area contributed by atoms with Crippen molar-refractivity contribution in [1.82, 2.24) is 25.0 Å². The molecule has 0 bridgehead atoms. The fourth-order valence-electron chi connectivity index (χ4n) is 2.34. The number of amides is 1. The Bertz CT molecular complexity index is 919. The van der Waals surface area contributed by atoms with Crippen LogP contribution in [0.3, 0.4) is 0 Å². The highest BCUT2D eigenvalue weighted by atomic mass is 32.2. The number of thioether (sulfide) groups is 1. The van der Waals surface area contributed by atoms with E-state index in [1.54, 1.807) is 22.9 Å². The van der Waals surface area contributed by atoms with Crippen molar-refractivity contribution < 1.29 is 9.18 Å². The van der Waals surface area contributed by atoms with Gasteiger partial charge in [-0.2, -0.15) is 5.10 Å². The zero-order chi connectivity index (χ0) is 18.0. The van der Waals surface area contributed by atoms with Crippen LogP contribution in [0.25, 0.3) is 11.4 Å². The number of aryl methyl sites for hydroxylation is 2. The molecular weight excluding hydrogens is 343 g/mol. The monoisotopic (exact) mass is 360 g/mol. The van der Waals surface area contributed by atoms with Gasteiger partial charge in [0.25, 0.3) is 0 Å². The number of anilines is 1. The van der Waals surface area contributed by atoms with Gasteiger partial charge in [-0.1, -0.05) is 23.9 Å². The van der Waals surface area contributed by atoms with E-state index in [9.17, 15) is 9.18 Å². The average Bonchev–Trinajstić information content (AvgIpc) is 3.14. The van der Waals surface area contributed by atoms with E-state index >= 15 is 0 Å². The van der Waals surface area contributed by atoms with Crippen molar-refractivity contribution in [2.24, 2.45) is 7.05 Å². The average molecular weight is 360 g/mol. The lowest BCUT2D eigenvalue weighted by Gasteiger charge is -2.04. The number of H-pyrrole nitrogens is 1. The van der Waals surface area contributed by atoms with Crippen molar-refractivity contribution in [2.45, 2.75) is 19.0 Å². The van der Waals surface area contributed by atoms with E-state index in [0.717, 1.165) is 17.1 Å². The Balaban J connectivity index is 1.62. The third-order valence-electron chi connectivity index (χ3n) is 3.70. The van der Waals surface area contributed by atoms with E-state index < -0.39 is 0 Å². The van der Waals surface area contributed by atoms with Crippen molar-refractivity contribution in [2.75, 3.05) is 11.1 Å². The molecule has 1 aromatic carbocycles. The molecule has 130 valence electrons. The number of carbonyl (C=O) groups excluding carboxylic acids is 1. The van der Waals surface area contributed by atoms with Gasteiger partial charge < -0.3 is 5.32 Å². The summed E-state index contributed by atoms with van der Waals surface area (Å²) in [6.07, 6.45) is 0. The molecule has 25 heavy (non-hydrogen) atoms. The quantitative estimate of drug-likeness (QED) is 0.683. The molecule has 0 spiro atoms. The second kappa shape index (κ2) is 7.06. The van der Waals surface area contributed by atoms with E-state index in [1.165, 1.54) is 17.8 Å². The van der Waals surface area contributed by atoms with Gasteiger partial charge in [0.2, 0.25) is 11.1 Å². The number of benzene rings is 1. The summed E-state index contributed by atoms with van der Waals surface area (Å²) in [4.78, 5) is 16.4. The van der Waals surface area contributed by atoms with E-state index in [2.05, 4.69) is 25.6 Å². The smallest absolute Gasteiger partial charge is 0.234 e. The summed E-state index contributed by atoms with van der Waals surface area (Å²) in [5, 5.41) is 14.2. The summed E-state index contributed by atoms with van der Waals surface area (Å²) in [5.41, 5.74) is 2.71. The summed E-state index contributed by atoms with van der Waals surface area (Å²) in [5.74, 6) is -0.0839. The molecule has 0 aliphatic heterocycles. The minimum Gasteiger partial charge on any atom is -0.322 e. The van der Waals surface area contributed by atoms with E-state index in [4.69, 9.17) is 0 Å². The molecule has 2 heterocycles. The lowest BCUT2D eigenvalue weighted by molar-refractivity contribution is -0.113. The first-order valence-electron chi connectivity index (χ1n) is 7.56.